The van der Waals surface area contributed by atoms with Gasteiger partial charge in [0.15, 0.2) is 11.2 Å². The van der Waals surface area contributed by atoms with Gasteiger partial charge in [0.25, 0.3) is 5.56 Å². The Balaban J connectivity index is 0.000000980. The van der Waals surface area contributed by atoms with Crippen LogP contribution in [0.3, 0.4) is 0 Å². The van der Waals surface area contributed by atoms with E-state index in [0.717, 1.165) is 0 Å². The minimum absolute atomic E-state index is 0. The summed E-state index contributed by atoms with van der Waals surface area (Å²) < 4.78 is 2.88. The molecular formula is C7H9ClN4O2. The largest absolute Gasteiger partial charge is 0.329 e. The maximum Gasteiger partial charge on any atom is 0.329 e. The molecule has 2 heterocycles. The van der Waals surface area contributed by atoms with Gasteiger partial charge in [0.05, 0.1) is 6.33 Å². The van der Waals surface area contributed by atoms with Gasteiger partial charge < -0.3 is 4.57 Å². The molecule has 0 saturated carbocycles. The van der Waals surface area contributed by atoms with E-state index in [1.54, 1.807) is 18.7 Å². The van der Waals surface area contributed by atoms with Gasteiger partial charge in [-0.2, -0.15) is 0 Å². The first-order chi connectivity index (χ1) is 6.11. The van der Waals surface area contributed by atoms with Gasteiger partial charge in [-0.25, -0.2) is 9.78 Å². The normalized spacial score (nSPS) is 10.1. The summed E-state index contributed by atoms with van der Waals surface area (Å²) >= 11 is 0. The van der Waals surface area contributed by atoms with Gasteiger partial charge in [0.1, 0.15) is 0 Å². The molecule has 14 heavy (non-hydrogen) atoms. The molecule has 0 aliphatic rings. The van der Waals surface area contributed by atoms with Crippen molar-refractivity contribution in [2.75, 3.05) is 0 Å². The van der Waals surface area contributed by atoms with Crippen LogP contribution in [0.4, 0.5) is 0 Å². The fourth-order valence-electron chi connectivity index (χ4n) is 1.26. The van der Waals surface area contributed by atoms with Crippen molar-refractivity contribution in [3.8, 4) is 0 Å². The van der Waals surface area contributed by atoms with E-state index in [4.69, 9.17) is 0 Å². The average molecular weight is 217 g/mol. The number of halogens is 1. The van der Waals surface area contributed by atoms with Crippen molar-refractivity contribution in [1.82, 2.24) is 19.1 Å². The summed E-state index contributed by atoms with van der Waals surface area (Å²) in [5.74, 6) is 0. The highest BCUT2D eigenvalue weighted by Gasteiger charge is 2.08. The number of imidazole rings is 1. The third-order valence-electron chi connectivity index (χ3n) is 1.98. The summed E-state index contributed by atoms with van der Waals surface area (Å²) in [7, 11) is 3.27. The highest BCUT2D eigenvalue weighted by Crippen LogP contribution is 2.00. The number of aromatic nitrogens is 4. The zero-order valence-corrected chi connectivity index (χ0v) is 8.46. The van der Waals surface area contributed by atoms with E-state index >= 15 is 0 Å². The number of hydrogen-bond donors (Lipinski definition) is 1. The second kappa shape index (κ2) is 3.30. The summed E-state index contributed by atoms with van der Waals surface area (Å²) in [5, 5.41) is 0. The number of aromatic amines is 1. The smallest absolute Gasteiger partial charge is 0.328 e. The fourth-order valence-corrected chi connectivity index (χ4v) is 1.26. The first-order valence-corrected chi connectivity index (χ1v) is 3.71. The lowest BCUT2D eigenvalue weighted by Gasteiger charge is -1.97. The van der Waals surface area contributed by atoms with Crippen molar-refractivity contribution in [2.24, 2.45) is 14.1 Å². The molecule has 0 radical (unpaired) electrons. The van der Waals surface area contributed by atoms with Crippen LogP contribution in [0.1, 0.15) is 0 Å². The topological polar surface area (TPSA) is 72.7 Å². The van der Waals surface area contributed by atoms with E-state index in [0.29, 0.717) is 11.2 Å². The second-order valence-electron chi connectivity index (χ2n) is 2.85. The number of fused-ring (bicyclic) bond motifs is 1. The van der Waals surface area contributed by atoms with E-state index in [1.165, 1.54) is 10.9 Å². The predicted molar refractivity (Wildman–Crippen MR) is 53.8 cm³/mol. The van der Waals surface area contributed by atoms with Gasteiger partial charge in [-0.05, 0) is 0 Å². The van der Waals surface area contributed by atoms with Gasteiger partial charge in [-0.3, -0.25) is 14.3 Å². The lowest BCUT2D eigenvalue weighted by atomic mass is 10.5. The van der Waals surface area contributed by atoms with Crippen LogP contribution in [-0.4, -0.2) is 19.1 Å². The monoisotopic (exact) mass is 216 g/mol. The van der Waals surface area contributed by atoms with Crippen LogP contribution >= 0.6 is 12.4 Å². The Morgan fingerprint density at radius 1 is 1.36 bits per heavy atom. The van der Waals surface area contributed by atoms with Crippen LogP contribution in [-0.2, 0) is 14.1 Å². The number of rotatable bonds is 0. The number of nitrogens with one attached hydrogen (secondary N) is 1. The summed E-state index contributed by atoms with van der Waals surface area (Å²) in [6.07, 6.45) is 1.50. The molecule has 0 amide bonds. The van der Waals surface area contributed by atoms with Crippen molar-refractivity contribution in [3.05, 3.63) is 27.2 Å². The van der Waals surface area contributed by atoms with E-state index < -0.39 is 11.2 Å². The molecule has 2 aromatic rings. The maximum absolute atomic E-state index is 11.3. The highest BCUT2D eigenvalue weighted by atomic mass is 35.5. The molecule has 0 unspecified atom stereocenters. The fraction of sp³-hybridized carbons (Fsp3) is 0.286. The maximum atomic E-state index is 11.3. The second-order valence-corrected chi connectivity index (χ2v) is 2.85. The van der Waals surface area contributed by atoms with Gasteiger partial charge in [0, 0.05) is 14.1 Å². The van der Waals surface area contributed by atoms with Gasteiger partial charge >= 0.3 is 5.69 Å². The zero-order chi connectivity index (χ0) is 9.59. The highest BCUT2D eigenvalue weighted by molar-refractivity contribution is 5.85. The molecule has 0 fully saturated rings. The third kappa shape index (κ3) is 1.24. The van der Waals surface area contributed by atoms with Crippen LogP contribution in [0.5, 0.6) is 0 Å². The minimum atomic E-state index is -0.448. The molecule has 0 bridgehead atoms. The van der Waals surface area contributed by atoms with Crippen molar-refractivity contribution >= 4 is 23.6 Å². The van der Waals surface area contributed by atoms with E-state index in [1.807, 2.05) is 0 Å². The first-order valence-electron chi connectivity index (χ1n) is 3.71. The molecule has 6 nitrogen and oxygen atoms in total. The van der Waals surface area contributed by atoms with Crippen LogP contribution in [0.15, 0.2) is 15.9 Å². The Bertz CT molecular complexity index is 579. The molecule has 1 N–H and O–H groups in total. The molecule has 0 aliphatic heterocycles. The molecule has 7 heteroatoms. The molecular weight excluding hydrogens is 208 g/mol. The van der Waals surface area contributed by atoms with Crippen molar-refractivity contribution in [2.45, 2.75) is 0 Å². The number of H-pyrrole nitrogens is 1. The molecule has 0 aromatic carbocycles. The summed E-state index contributed by atoms with van der Waals surface area (Å²) in [5.41, 5.74) is -0.0485. The van der Waals surface area contributed by atoms with Gasteiger partial charge in [-0.1, -0.05) is 0 Å². The Morgan fingerprint density at radius 2 is 2.00 bits per heavy atom. The molecule has 0 saturated heterocycles. The molecule has 2 aromatic heterocycles. The standard InChI is InChI=1S/C7H8N4O2.ClH/c1-10-3-8-5-4(10)6(12)9-7(13)11(5)2;/h3H,1-2H3,(H,9,12,13);1H. The van der Waals surface area contributed by atoms with Gasteiger partial charge in [-0.15, -0.1) is 12.4 Å². The summed E-state index contributed by atoms with van der Waals surface area (Å²) in [6, 6.07) is 0. The quantitative estimate of drug-likeness (QED) is 0.638. The molecule has 0 aliphatic carbocycles. The molecule has 0 spiro atoms. The lowest BCUT2D eigenvalue weighted by molar-refractivity contribution is 0.829. The third-order valence-corrected chi connectivity index (χ3v) is 1.98. The Kier molecular flexibility index (Phi) is 2.48. The Hall–Kier alpha value is -1.56. The lowest BCUT2D eigenvalue weighted by Crippen LogP contribution is -2.28. The van der Waals surface area contributed by atoms with Crippen LogP contribution in [0, 0.1) is 0 Å². The van der Waals surface area contributed by atoms with E-state index in [-0.39, 0.29) is 12.4 Å². The zero-order valence-electron chi connectivity index (χ0n) is 7.64. The number of nitrogens with zero attached hydrogens (tertiary/aromatic N) is 3. The molecule has 0 atom stereocenters. The van der Waals surface area contributed by atoms with Crippen LogP contribution < -0.4 is 11.2 Å². The average Bonchev–Trinajstić information content (AvgIpc) is 2.44. The SMILES string of the molecule is Cl.Cn1cnc2c1c(=O)[nH]c(=O)n2C. The molecule has 2 rings (SSSR count). The number of aryl methyl sites for hydroxylation is 2. The predicted octanol–water partition coefficient (Wildman–Crippen LogP) is -0.618. The summed E-state index contributed by atoms with van der Waals surface area (Å²) in [6.45, 7) is 0. The molecule has 76 valence electrons. The van der Waals surface area contributed by atoms with Crippen molar-refractivity contribution in [3.63, 3.8) is 0 Å². The Morgan fingerprint density at radius 3 is 2.64 bits per heavy atom. The first kappa shape index (κ1) is 10.5. The number of hydrogen-bond acceptors (Lipinski definition) is 3. The van der Waals surface area contributed by atoms with Crippen LogP contribution in [0.25, 0.3) is 11.2 Å². The van der Waals surface area contributed by atoms with Crippen molar-refractivity contribution in [1.29, 1.82) is 0 Å². The van der Waals surface area contributed by atoms with E-state index in [2.05, 4.69) is 9.97 Å². The van der Waals surface area contributed by atoms with Gasteiger partial charge in [0.2, 0.25) is 0 Å². The van der Waals surface area contributed by atoms with Crippen molar-refractivity contribution < 1.29 is 0 Å². The minimum Gasteiger partial charge on any atom is -0.328 e. The Labute approximate surface area is 84.6 Å². The summed E-state index contributed by atoms with van der Waals surface area (Å²) in [4.78, 5) is 28.6. The van der Waals surface area contributed by atoms with Crippen LogP contribution in [0.2, 0.25) is 0 Å². The van der Waals surface area contributed by atoms with E-state index in [9.17, 15) is 9.59 Å².